The molecule has 2 N–H and O–H groups in total. The fraction of sp³-hybridized carbons (Fsp3) is 0.276. The van der Waals surface area contributed by atoms with Gasteiger partial charge < -0.3 is 9.97 Å². The molecule has 0 spiro atoms. The van der Waals surface area contributed by atoms with E-state index in [0.29, 0.717) is 17.5 Å². The second-order valence-corrected chi connectivity index (χ2v) is 11.9. The lowest BCUT2D eigenvalue weighted by Gasteiger charge is -2.17. The summed E-state index contributed by atoms with van der Waals surface area (Å²) in [4.78, 5) is 31.6. The summed E-state index contributed by atoms with van der Waals surface area (Å²) in [5.74, 6) is 1.90. The molecule has 3 heterocycles. The van der Waals surface area contributed by atoms with Crippen molar-refractivity contribution in [1.29, 1.82) is 0 Å². The van der Waals surface area contributed by atoms with Gasteiger partial charge in [-0.25, -0.2) is 9.97 Å². The van der Waals surface area contributed by atoms with Crippen LogP contribution >= 0.6 is 23.1 Å². The molecule has 0 fully saturated rings. The minimum Gasteiger partial charge on any atom is -0.332 e. The van der Waals surface area contributed by atoms with E-state index >= 15 is 0 Å². The van der Waals surface area contributed by atoms with E-state index in [-0.39, 0.29) is 5.56 Å². The van der Waals surface area contributed by atoms with Crippen molar-refractivity contribution < 1.29 is 0 Å². The van der Waals surface area contributed by atoms with Crippen LogP contribution in [0.2, 0.25) is 0 Å². The predicted octanol–water partition coefficient (Wildman–Crippen LogP) is 7.08. The van der Waals surface area contributed by atoms with Crippen molar-refractivity contribution in [3.63, 3.8) is 0 Å². The Morgan fingerprint density at radius 1 is 0.972 bits per heavy atom. The first kappa shape index (κ1) is 23.3. The van der Waals surface area contributed by atoms with Crippen LogP contribution < -0.4 is 5.56 Å². The molecule has 0 saturated carbocycles. The molecule has 5 aromatic rings. The van der Waals surface area contributed by atoms with Crippen molar-refractivity contribution in [2.45, 2.75) is 50.9 Å². The average molecular weight is 513 g/mol. The Labute approximate surface area is 218 Å². The Kier molecular flexibility index (Phi) is 6.05. The number of imidazole rings is 1. The predicted molar refractivity (Wildman–Crippen MR) is 150 cm³/mol. The summed E-state index contributed by atoms with van der Waals surface area (Å²) in [6, 6.07) is 16.9. The summed E-state index contributed by atoms with van der Waals surface area (Å²) in [5, 5.41) is 1.61. The molecule has 2 aromatic carbocycles. The number of aromatic amines is 2. The first-order chi connectivity index (χ1) is 17.4. The molecule has 1 atom stereocenters. The van der Waals surface area contributed by atoms with Crippen LogP contribution in [0.3, 0.4) is 0 Å². The third kappa shape index (κ3) is 4.42. The number of thioether (sulfide) groups is 1. The van der Waals surface area contributed by atoms with Crippen LogP contribution in [0.25, 0.3) is 32.7 Å². The molecule has 0 amide bonds. The largest absolute Gasteiger partial charge is 0.332 e. The molecule has 36 heavy (non-hydrogen) atoms. The van der Waals surface area contributed by atoms with E-state index in [2.05, 4.69) is 79.3 Å². The van der Waals surface area contributed by atoms with E-state index in [4.69, 9.17) is 9.97 Å². The number of nitrogens with one attached hydrogen (secondary N) is 2. The van der Waals surface area contributed by atoms with Gasteiger partial charge in [-0.05, 0) is 44.6 Å². The smallest absolute Gasteiger partial charge is 0.259 e. The highest BCUT2D eigenvalue weighted by Gasteiger charge is 2.23. The summed E-state index contributed by atoms with van der Waals surface area (Å²) in [6.45, 7) is 6.46. The molecule has 3 aromatic heterocycles. The van der Waals surface area contributed by atoms with Crippen molar-refractivity contribution in [3.05, 3.63) is 86.3 Å². The van der Waals surface area contributed by atoms with E-state index < -0.39 is 0 Å². The zero-order valence-corrected chi connectivity index (χ0v) is 22.3. The Bertz CT molecular complexity index is 1550. The maximum absolute atomic E-state index is 13.0. The zero-order chi connectivity index (χ0) is 24.8. The number of H-pyrrole nitrogens is 2. The summed E-state index contributed by atoms with van der Waals surface area (Å²) >= 11 is 3.26. The van der Waals surface area contributed by atoms with Gasteiger partial charge in [0.25, 0.3) is 5.56 Å². The monoisotopic (exact) mass is 512 g/mol. The van der Waals surface area contributed by atoms with Gasteiger partial charge >= 0.3 is 0 Å². The molecule has 182 valence electrons. The van der Waals surface area contributed by atoms with Gasteiger partial charge in [0.1, 0.15) is 10.7 Å². The fourth-order valence-electron chi connectivity index (χ4n) is 4.87. The quantitative estimate of drug-likeness (QED) is 0.247. The maximum Gasteiger partial charge on any atom is 0.259 e. The summed E-state index contributed by atoms with van der Waals surface area (Å²) in [7, 11) is 0. The molecule has 1 aliphatic carbocycles. The minimum atomic E-state index is -0.0113. The molecule has 0 radical (unpaired) electrons. The van der Waals surface area contributed by atoms with Gasteiger partial charge in [0, 0.05) is 16.0 Å². The van der Waals surface area contributed by atoms with Crippen molar-refractivity contribution >= 4 is 33.3 Å². The molecule has 1 aliphatic rings. The molecule has 0 bridgehead atoms. The number of aryl methyl sites for hydroxylation is 3. The van der Waals surface area contributed by atoms with Gasteiger partial charge in [-0.3, -0.25) is 4.79 Å². The lowest BCUT2D eigenvalue weighted by molar-refractivity contribution is 0.509. The van der Waals surface area contributed by atoms with Crippen LogP contribution in [-0.2, 0) is 18.6 Å². The zero-order valence-electron chi connectivity index (χ0n) is 20.6. The molecule has 6 rings (SSSR count). The Morgan fingerprint density at radius 3 is 2.39 bits per heavy atom. The third-order valence-corrected chi connectivity index (χ3v) is 8.94. The molecule has 0 aliphatic heterocycles. The van der Waals surface area contributed by atoms with Crippen molar-refractivity contribution in [1.82, 2.24) is 19.9 Å². The number of hydrogen-bond donors (Lipinski definition) is 2. The third-order valence-electron chi connectivity index (χ3n) is 6.91. The van der Waals surface area contributed by atoms with Crippen molar-refractivity contribution in [2.75, 3.05) is 0 Å². The highest BCUT2D eigenvalue weighted by molar-refractivity contribution is 7.98. The number of hydrogen-bond acceptors (Lipinski definition) is 5. The first-order valence-corrected chi connectivity index (χ1v) is 14.1. The lowest BCUT2D eigenvalue weighted by Crippen LogP contribution is -2.14. The SMILES string of the molecule is Cc1ccc(-c2nc(SCc3nc4sc5c(c4c(=O)[nH]3)CCC(C)C5)[nH]c2-c2ccc(C)cc2)cc1. The number of benzene rings is 2. The summed E-state index contributed by atoms with van der Waals surface area (Å²) < 4.78 is 0. The van der Waals surface area contributed by atoms with Crippen LogP contribution in [0.4, 0.5) is 0 Å². The fourth-order valence-corrected chi connectivity index (χ4v) is 7.01. The van der Waals surface area contributed by atoms with Crippen LogP contribution in [0.15, 0.2) is 58.5 Å². The molecule has 7 heteroatoms. The molecule has 1 unspecified atom stereocenters. The van der Waals surface area contributed by atoms with E-state index in [1.165, 1.54) is 21.6 Å². The van der Waals surface area contributed by atoms with Gasteiger partial charge in [0.15, 0.2) is 5.16 Å². The van der Waals surface area contributed by atoms with Crippen LogP contribution in [0.1, 0.15) is 40.7 Å². The van der Waals surface area contributed by atoms with Gasteiger partial charge in [-0.15, -0.1) is 11.3 Å². The number of nitrogens with zero attached hydrogens (tertiary/aromatic N) is 2. The first-order valence-electron chi connectivity index (χ1n) is 12.3. The maximum atomic E-state index is 13.0. The summed E-state index contributed by atoms with van der Waals surface area (Å²) in [5.41, 5.74) is 7.75. The number of aromatic nitrogens is 4. The highest BCUT2D eigenvalue weighted by Crippen LogP contribution is 2.37. The molecule has 0 saturated heterocycles. The molecular weight excluding hydrogens is 484 g/mol. The minimum absolute atomic E-state index is 0.0113. The molecular formula is C29H28N4OS2. The molecule has 5 nitrogen and oxygen atoms in total. The van der Waals surface area contributed by atoms with Crippen LogP contribution in [-0.4, -0.2) is 19.9 Å². The number of rotatable bonds is 5. The second kappa shape index (κ2) is 9.37. The van der Waals surface area contributed by atoms with Gasteiger partial charge in [0.05, 0.1) is 22.5 Å². The van der Waals surface area contributed by atoms with E-state index in [0.717, 1.165) is 57.2 Å². The number of thiophene rings is 1. The van der Waals surface area contributed by atoms with Crippen LogP contribution in [0, 0.1) is 19.8 Å². The van der Waals surface area contributed by atoms with Crippen molar-refractivity contribution in [2.24, 2.45) is 5.92 Å². The van der Waals surface area contributed by atoms with Gasteiger partial charge in [-0.1, -0.05) is 78.3 Å². The van der Waals surface area contributed by atoms with E-state index in [1.807, 2.05) is 0 Å². The van der Waals surface area contributed by atoms with Gasteiger partial charge in [-0.2, -0.15) is 0 Å². The summed E-state index contributed by atoms with van der Waals surface area (Å²) in [6.07, 6.45) is 3.17. The van der Waals surface area contributed by atoms with Gasteiger partial charge in [0.2, 0.25) is 0 Å². The number of fused-ring (bicyclic) bond motifs is 3. The van der Waals surface area contributed by atoms with E-state index in [9.17, 15) is 4.79 Å². The Balaban J connectivity index is 1.32. The lowest BCUT2D eigenvalue weighted by atomic mass is 9.89. The van der Waals surface area contributed by atoms with Crippen molar-refractivity contribution in [3.8, 4) is 22.5 Å². The average Bonchev–Trinajstić information content (AvgIpc) is 3.45. The second-order valence-electron chi connectivity index (χ2n) is 9.83. The topological polar surface area (TPSA) is 74.4 Å². The van der Waals surface area contributed by atoms with E-state index in [1.54, 1.807) is 23.1 Å². The Morgan fingerprint density at radius 2 is 1.67 bits per heavy atom. The Hall–Kier alpha value is -3.16. The standard InChI is InChI=1S/C29H28N4OS2/c1-16-4-9-19(10-5-16)25-26(20-11-6-17(2)7-12-20)33-29(32-25)35-15-23-30-27(34)24-21-13-8-18(3)14-22(21)36-28(24)31-23/h4-7,9-12,18H,8,13-15H2,1-3H3,(H,32,33)(H,30,31,34). The van der Waals surface area contributed by atoms with Crippen LogP contribution in [0.5, 0.6) is 0 Å². The highest BCUT2D eigenvalue weighted by atomic mass is 32.2. The normalized spacial score (nSPS) is 15.4.